The number of benzene rings is 1. The fourth-order valence-corrected chi connectivity index (χ4v) is 2.14. The average molecular weight is 257 g/mol. The molecule has 1 aromatic heterocycles. The lowest BCUT2D eigenvalue weighted by Gasteiger charge is -2.17. The molecule has 1 N–H and O–H groups in total. The number of hydrogen-bond acceptors (Lipinski definition) is 2. The van der Waals surface area contributed by atoms with Crippen molar-refractivity contribution in [3.05, 3.63) is 47.3 Å². The van der Waals surface area contributed by atoms with Crippen LogP contribution in [0, 0.1) is 13.8 Å². The van der Waals surface area contributed by atoms with Crippen molar-refractivity contribution in [1.29, 1.82) is 0 Å². The van der Waals surface area contributed by atoms with Crippen LogP contribution in [0.2, 0.25) is 0 Å². The second-order valence-electron chi connectivity index (χ2n) is 4.70. The number of carbonyl (C=O) groups excluding carboxylic acids is 1. The van der Waals surface area contributed by atoms with Crippen LogP contribution >= 0.6 is 0 Å². The minimum absolute atomic E-state index is 0.117. The highest BCUT2D eigenvalue weighted by Gasteiger charge is 2.13. The highest BCUT2D eigenvalue weighted by Crippen LogP contribution is 2.15. The third-order valence-corrected chi connectivity index (χ3v) is 3.39. The van der Waals surface area contributed by atoms with E-state index in [4.69, 9.17) is 0 Å². The maximum absolute atomic E-state index is 12.2. The van der Waals surface area contributed by atoms with Gasteiger partial charge in [-0.25, -0.2) is 0 Å². The molecule has 4 nitrogen and oxygen atoms in total. The molecule has 0 radical (unpaired) electrons. The Balaban J connectivity index is 1.99. The smallest absolute Gasteiger partial charge is 0.227 e. The van der Waals surface area contributed by atoms with Gasteiger partial charge < -0.3 is 4.90 Å². The van der Waals surface area contributed by atoms with E-state index in [2.05, 4.69) is 10.2 Å². The van der Waals surface area contributed by atoms with Gasteiger partial charge in [0.05, 0.1) is 5.69 Å². The molecule has 0 spiro atoms. The Bertz CT molecular complexity index is 541. The third-order valence-electron chi connectivity index (χ3n) is 3.39. The highest BCUT2D eigenvalue weighted by atomic mass is 16.2. The second kappa shape index (κ2) is 5.69. The van der Waals surface area contributed by atoms with Crippen molar-refractivity contribution >= 4 is 11.6 Å². The molecule has 0 unspecified atom stereocenters. The van der Waals surface area contributed by atoms with E-state index in [1.807, 2.05) is 51.2 Å². The maximum atomic E-state index is 12.2. The molecular formula is C15H19N3O. The number of anilines is 1. The van der Waals surface area contributed by atoms with Gasteiger partial charge in [-0.05, 0) is 38.0 Å². The van der Waals surface area contributed by atoms with Crippen LogP contribution in [0.25, 0.3) is 0 Å². The molecule has 1 aromatic carbocycles. The van der Waals surface area contributed by atoms with Crippen LogP contribution in [-0.2, 0) is 11.2 Å². The summed E-state index contributed by atoms with van der Waals surface area (Å²) in [6, 6.07) is 9.69. The van der Waals surface area contributed by atoms with Gasteiger partial charge in [0.15, 0.2) is 0 Å². The van der Waals surface area contributed by atoms with Crippen molar-refractivity contribution in [2.75, 3.05) is 11.9 Å². The summed E-state index contributed by atoms with van der Waals surface area (Å²) in [6.07, 6.45) is 1.22. The lowest BCUT2D eigenvalue weighted by Crippen LogP contribution is -2.26. The fraction of sp³-hybridized carbons (Fsp3) is 0.333. The van der Waals surface area contributed by atoms with Gasteiger partial charge in [0, 0.05) is 24.8 Å². The Morgan fingerprint density at radius 1 is 1.26 bits per heavy atom. The normalized spacial score (nSPS) is 10.5. The minimum Gasteiger partial charge on any atom is -0.315 e. The number of nitrogens with one attached hydrogen (secondary N) is 1. The first-order valence-corrected chi connectivity index (χ1v) is 6.41. The van der Waals surface area contributed by atoms with Gasteiger partial charge in [-0.3, -0.25) is 9.89 Å². The Morgan fingerprint density at radius 3 is 2.53 bits per heavy atom. The molecule has 0 aliphatic heterocycles. The van der Waals surface area contributed by atoms with Crippen molar-refractivity contribution in [1.82, 2.24) is 10.2 Å². The largest absolute Gasteiger partial charge is 0.315 e. The molecule has 0 saturated carbocycles. The van der Waals surface area contributed by atoms with E-state index >= 15 is 0 Å². The zero-order valence-electron chi connectivity index (χ0n) is 11.6. The highest BCUT2D eigenvalue weighted by molar-refractivity contribution is 5.92. The van der Waals surface area contributed by atoms with Gasteiger partial charge >= 0.3 is 0 Å². The molecule has 0 aliphatic rings. The summed E-state index contributed by atoms with van der Waals surface area (Å²) in [5, 5.41) is 7.09. The van der Waals surface area contributed by atoms with Crippen molar-refractivity contribution in [2.24, 2.45) is 0 Å². The minimum atomic E-state index is 0.117. The van der Waals surface area contributed by atoms with Gasteiger partial charge in [-0.1, -0.05) is 18.2 Å². The summed E-state index contributed by atoms with van der Waals surface area (Å²) in [5.74, 6) is 0.117. The number of H-pyrrole nitrogens is 1. The summed E-state index contributed by atoms with van der Waals surface area (Å²) >= 11 is 0. The van der Waals surface area contributed by atoms with E-state index in [0.29, 0.717) is 6.42 Å². The molecule has 100 valence electrons. The van der Waals surface area contributed by atoms with Crippen molar-refractivity contribution < 1.29 is 4.79 Å². The third kappa shape index (κ3) is 3.02. The Hall–Kier alpha value is -2.10. The van der Waals surface area contributed by atoms with Crippen LogP contribution in [0.4, 0.5) is 5.69 Å². The molecule has 19 heavy (non-hydrogen) atoms. The molecule has 0 aliphatic carbocycles. The first kappa shape index (κ1) is 13.3. The lowest BCUT2D eigenvalue weighted by atomic mass is 10.1. The van der Waals surface area contributed by atoms with E-state index < -0.39 is 0 Å². The number of amides is 1. The number of rotatable bonds is 4. The van der Waals surface area contributed by atoms with E-state index in [9.17, 15) is 4.79 Å². The van der Waals surface area contributed by atoms with Crippen LogP contribution < -0.4 is 4.90 Å². The molecule has 1 amide bonds. The van der Waals surface area contributed by atoms with Gasteiger partial charge in [0.2, 0.25) is 5.91 Å². The summed E-state index contributed by atoms with van der Waals surface area (Å²) < 4.78 is 0. The average Bonchev–Trinajstić information content (AvgIpc) is 2.75. The zero-order chi connectivity index (χ0) is 13.8. The van der Waals surface area contributed by atoms with Gasteiger partial charge in [-0.2, -0.15) is 5.10 Å². The Labute approximate surface area is 113 Å². The van der Waals surface area contributed by atoms with E-state index in [-0.39, 0.29) is 5.91 Å². The van der Waals surface area contributed by atoms with Gasteiger partial charge in [-0.15, -0.1) is 0 Å². The van der Waals surface area contributed by atoms with E-state index in [1.165, 1.54) is 0 Å². The SMILES string of the molecule is Cc1n[nH]c(C)c1CCC(=O)N(C)c1ccccc1. The predicted octanol–water partition coefficient (Wildman–Crippen LogP) is 2.62. The zero-order valence-corrected chi connectivity index (χ0v) is 11.6. The van der Waals surface area contributed by atoms with Crippen molar-refractivity contribution in [3.8, 4) is 0 Å². The molecule has 2 aromatic rings. The van der Waals surface area contributed by atoms with Crippen LogP contribution in [0.5, 0.6) is 0 Å². The number of hydrogen-bond donors (Lipinski definition) is 1. The van der Waals surface area contributed by atoms with E-state index in [0.717, 1.165) is 29.1 Å². The van der Waals surface area contributed by atoms with E-state index in [1.54, 1.807) is 4.90 Å². The first-order valence-electron chi connectivity index (χ1n) is 6.41. The standard InChI is InChI=1S/C15H19N3O/c1-11-14(12(2)17-16-11)9-10-15(19)18(3)13-7-5-4-6-8-13/h4-8H,9-10H2,1-3H3,(H,16,17). The monoisotopic (exact) mass is 257 g/mol. The van der Waals surface area contributed by atoms with Gasteiger partial charge in [0.1, 0.15) is 0 Å². The number of aromatic amines is 1. The summed E-state index contributed by atoms with van der Waals surface area (Å²) in [5.41, 5.74) is 4.10. The van der Waals surface area contributed by atoms with Gasteiger partial charge in [0.25, 0.3) is 0 Å². The molecule has 0 saturated heterocycles. The molecule has 4 heteroatoms. The van der Waals surface area contributed by atoms with Crippen LogP contribution in [0.15, 0.2) is 30.3 Å². The maximum Gasteiger partial charge on any atom is 0.227 e. The van der Waals surface area contributed by atoms with Crippen LogP contribution in [-0.4, -0.2) is 23.2 Å². The molecule has 0 fully saturated rings. The summed E-state index contributed by atoms with van der Waals surface area (Å²) in [7, 11) is 1.81. The number of para-hydroxylation sites is 1. The Kier molecular flexibility index (Phi) is 4.00. The number of nitrogens with zero attached hydrogens (tertiary/aromatic N) is 2. The fourth-order valence-electron chi connectivity index (χ4n) is 2.14. The molecular weight excluding hydrogens is 238 g/mol. The predicted molar refractivity (Wildman–Crippen MR) is 76.2 cm³/mol. The first-order chi connectivity index (χ1) is 9.09. The molecule has 0 atom stereocenters. The van der Waals surface area contributed by atoms with Crippen LogP contribution in [0.1, 0.15) is 23.4 Å². The molecule has 0 bridgehead atoms. The van der Waals surface area contributed by atoms with Crippen LogP contribution in [0.3, 0.4) is 0 Å². The number of aromatic nitrogens is 2. The van der Waals surface area contributed by atoms with Crippen molar-refractivity contribution in [3.63, 3.8) is 0 Å². The number of aryl methyl sites for hydroxylation is 2. The lowest BCUT2D eigenvalue weighted by molar-refractivity contribution is -0.118. The van der Waals surface area contributed by atoms with Crippen molar-refractivity contribution in [2.45, 2.75) is 26.7 Å². The second-order valence-corrected chi connectivity index (χ2v) is 4.70. The summed E-state index contributed by atoms with van der Waals surface area (Å²) in [6.45, 7) is 3.95. The number of carbonyl (C=O) groups is 1. The molecule has 1 heterocycles. The quantitative estimate of drug-likeness (QED) is 0.915. The topological polar surface area (TPSA) is 49.0 Å². The molecule has 2 rings (SSSR count). The summed E-state index contributed by atoms with van der Waals surface area (Å²) in [4.78, 5) is 13.9. The Morgan fingerprint density at radius 2 is 1.95 bits per heavy atom.